The van der Waals surface area contributed by atoms with Crippen LogP contribution < -0.4 is 0 Å². The second-order valence-electron chi connectivity index (χ2n) is 1.66. The topological polar surface area (TPSA) is 47.9 Å². The van der Waals surface area contributed by atoms with Gasteiger partial charge in [0.15, 0.2) is 0 Å². The molecule has 5 heteroatoms. The van der Waals surface area contributed by atoms with Crippen LogP contribution in [-0.4, -0.2) is 33.0 Å². The molecule has 0 rings (SSSR count). The van der Waals surface area contributed by atoms with Crippen molar-refractivity contribution in [1.29, 1.82) is 0 Å². The third kappa shape index (κ3) is 32.5. The Morgan fingerprint density at radius 3 is 2.00 bits per heavy atom. The van der Waals surface area contributed by atoms with E-state index in [-0.39, 0.29) is 37.7 Å². The van der Waals surface area contributed by atoms with Gasteiger partial charge in [-0.05, 0) is 6.92 Å². The maximum atomic E-state index is 9.33. The Labute approximate surface area is 104 Å². The van der Waals surface area contributed by atoms with Gasteiger partial charge in [0.05, 0.1) is 6.61 Å². The summed E-state index contributed by atoms with van der Waals surface area (Å²) in [5.74, 6) is 0. The molecule has 13 heavy (non-hydrogen) atoms. The Morgan fingerprint density at radius 1 is 1.23 bits per heavy atom. The van der Waals surface area contributed by atoms with Crippen molar-refractivity contribution in [2.45, 2.75) is 6.92 Å². The molecule has 0 bridgehead atoms. The zero-order valence-electron chi connectivity index (χ0n) is 8.12. The Bertz CT molecular complexity index is 81.8. The van der Waals surface area contributed by atoms with E-state index >= 15 is 0 Å². The number of nitroso groups, excluding NO2 is 1. The van der Waals surface area contributed by atoms with Crippen molar-refractivity contribution in [2.75, 3.05) is 33.0 Å². The molecule has 0 aliphatic carbocycles. The average Bonchev–Trinajstić information content (AvgIpc) is 2.08. The number of ether oxygens (including phenoxy) is 2. The van der Waals surface area contributed by atoms with E-state index < -0.39 is 0 Å². The number of hydrogen-bond donors (Lipinski definition) is 0. The van der Waals surface area contributed by atoms with Gasteiger partial charge in [0.1, 0.15) is 6.54 Å². The van der Waals surface area contributed by atoms with Gasteiger partial charge >= 0.3 is 31.1 Å². The molecule has 0 radical (unpaired) electrons. The minimum absolute atomic E-state index is 0. The van der Waals surface area contributed by atoms with E-state index in [2.05, 4.69) is 23.8 Å². The van der Waals surface area contributed by atoms with Crippen molar-refractivity contribution in [1.82, 2.24) is 0 Å². The third-order valence-corrected chi connectivity index (χ3v) is 0.820. The van der Waals surface area contributed by atoms with Crippen LogP contribution in [0.1, 0.15) is 6.92 Å². The van der Waals surface area contributed by atoms with Crippen molar-refractivity contribution < 1.29 is 40.6 Å². The molecule has 0 unspecified atom stereocenters. The van der Waals surface area contributed by atoms with Crippen LogP contribution in [0.25, 0.3) is 0 Å². The fourth-order valence-electron chi connectivity index (χ4n) is 0.348. The monoisotopic (exact) mass is 413 g/mol. The molecule has 0 N–H and O–H groups in total. The van der Waals surface area contributed by atoms with Gasteiger partial charge in [-0.1, -0.05) is 18.4 Å². The average molecular weight is 413 g/mol. The summed E-state index contributed by atoms with van der Waals surface area (Å²) in [5, 5.41) is 2.57. The van der Waals surface area contributed by atoms with E-state index in [9.17, 15) is 4.91 Å². The van der Waals surface area contributed by atoms with E-state index in [0.29, 0.717) is 19.8 Å². The smallest absolute Gasteiger partial charge is 0.414 e. The Hall–Kier alpha value is 0.572. The molecule has 76 valence electrons. The molecule has 0 aliphatic heterocycles. The van der Waals surface area contributed by atoms with E-state index in [1.54, 1.807) is 0 Å². The first-order chi connectivity index (χ1) is 5.83. The summed E-state index contributed by atoms with van der Waals surface area (Å²) in [7, 11) is 0. The quantitative estimate of drug-likeness (QED) is 0.377. The van der Waals surface area contributed by atoms with Crippen LogP contribution in [-0.2, 0) is 9.47 Å². The van der Waals surface area contributed by atoms with Gasteiger partial charge < -0.3 is 23.3 Å². The Kier molecular flexibility index (Phi) is 33.8. The minimum atomic E-state index is 0. The van der Waals surface area contributed by atoms with Crippen LogP contribution in [0.5, 0.6) is 0 Å². The van der Waals surface area contributed by atoms with Crippen LogP contribution in [0.3, 0.4) is 0 Å². The molecular weight excluding hydrogens is 396 g/mol. The van der Waals surface area contributed by atoms with Crippen molar-refractivity contribution in [3.63, 3.8) is 0 Å². The van der Waals surface area contributed by atoms with Gasteiger partial charge in [-0.15, -0.1) is 0 Å². The molecule has 0 aliphatic rings. The largest absolute Gasteiger partial charge is 2.00 e. The van der Waals surface area contributed by atoms with Crippen LogP contribution in [0.2, 0.25) is 0 Å². The van der Waals surface area contributed by atoms with Crippen molar-refractivity contribution >= 4 is 0 Å². The Balaban J connectivity index is -0.000000150. The molecular formula is C8H17NO3U. The van der Waals surface area contributed by atoms with Gasteiger partial charge in [0.2, 0.25) is 0 Å². The standard InChI is InChI=1S/C4H8NO2.C4H9O.U/c1-2-7-4-3-5-6;1-3-5-4-2;/h1-4H2;1,3-4H2,2H3;/q2*-1;+2. The first-order valence-electron chi connectivity index (χ1n) is 3.86. The van der Waals surface area contributed by atoms with Crippen molar-refractivity contribution in [3.8, 4) is 0 Å². The minimum Gasteiger partial charge on any atom is -0.414 e. The van der Waals surface area contributed by atoms with Crippen LogP contribution in [0.15, 0.2) is 5.18 Å². The van der Waals surface area contributed by atoms with Gasteiger partial charge in [-0.25, -0.2) is 0 Å². The van der Waals surface area contributed by atoms with Crippen molar-refractivity contribution in [3.05, 3.63) is 18.8 Å². The molecule has 0 saturated heterocycles. The van der Waals surface area contributed by atoms with Crippen LogP contribution >= 0.6 is 0 Å². The van der Waals surface area contributed by atoms with Gasteiger partial charge in [-0.2, -0.15) is 4.91 Å². The molecule has 0 atom stereocenters. The molecule has 0 amide bonds. The summed E-state index contributed by atoms with van der Waals surface area (Å²) < 4.78 is 9.39. The fourth-order valence-corrected chi connectivity index (χ4v) is 0.348. The first kappa shape index (κ1) is 19.2. The molecule has 0 aromatic heterocycles. The van der Waals surface area contributed by atoms with E-state index in [1.807, 2.05) is 6.92 Å². The predicted molar refractivity (Wildman–Crippen MR) is 48.7 cm³/mol. The van der Waals surface area contributed by atoms with Gasteiger partial charge in [-0.3, -0.25) is 0 Å². The van der Waals surface area contributed by atoms with Gasteiger partial charge in [0.25, 0.3) is 0 Å². The summed E-state index contributed by atoms with van der Waals surface area (Å²) in [6.45, 7) is 11.2. The van der Waals surface area contributed by atoms with Crippen molar-refractivity contribution in [2.24, 2.45) is 5.18 Å². The van der Waals surface area contributed by atoms with Gasteiger partial charge in [0, 0.05) is 6.61 Å². The summed E-state index contributed by atoms with van der Waals surface area (Å²) in [6.07, 6.45) is 0. The summed E-state index contributed by atoms with van der Waals surface area (Å²) in [6, 6.07) is 0. The molecule has 0 saturated carbocycles. The maximum Gasteiger partial charge on any atom is 2.00 e. The summed E-state index contributed by atoms with van der Waals surface area (Å²) in [4.78, 5) is 9.33. The number of hydrogen-bond acceptors (Lipinski definition) is 4. The van der Waals surface area contributed by atoms with E-state index in [4.69, 9.17) is 4.74 Å². The molecule has 0 spiro atoms. The van der Waals surface area contributed by atoms with E-state index in [1.165, 1.54) is 0 Å². The number of nitrogens with zero attached hydrogens (tertiary/aromatic N) is 1. The second-order valence-corrected chi connectivity index (χ2v) is 1.66. The summed E-state index contributed by atoms with van der Waals surface area (Å²) in [5.41, 5.74) is 0. The third-order valence-electron chi connectivity index (χ3n) is 0.820. The zero-order chi connectivity index (χ0) is 9.66. The molecule has 0 fully saturated rings. The number of rotatable bonds is 6. The summed E-state index contributed by atoms with van der Waals surface area (Å²) >= 11 is 0. The Morgan fingerprint density at radius 2 is 1.77 bits per heavy atom. The van der Waals surface area contributed by atoms with E-state index in [0.717, 1.165) is 6.61 Å². The molecule has 0 aromatic carbocycles. The maximum absolute atomic E-state index is 9.33. The zero-order valence-corrected chi connectivity index (χ0v) is 12.3. The molecule has 0 heterocycles. The molecule has 0 aromatic rings. The molecule has 4 nitrogen and oxygen atoms in total. The normalized spacial score (nSPS) is 7.92. The van der Waals surface area contributed by atoms with Crippen LogP contribution in [0, 0.1) is 49.9 Å². The SMILES string of the molecule is [CH2-]COCC.[CH2-]COCCN=O.[U+2]. The predicted octanol–water partition coefficient (Wildman–Crippen LogP) is 1.46. The second kappa shape index (κ2) is 22.9. The van der Waals surface area contributed by atoms with Crippen LogP contribution in [0.4, 0.5) is 0 Å². The first-order valence-corrected chi connectivity index (χ1v) is 3.86. The fraction of sp³-hybridized carbons (Fsp3) is 0.750.